The van der Waals surface area contributed by atoms with E-state index >= 15 is 0 Å². The second-order valence-corrected chi connectivity index (χ2v) is 6.43. The molecule has 1 N–H and O–H groups in total. The maximum Gasteiger partial charge on any atom is 0.146 e. The maximum atomic E-state index is 4.22. The van der Waals surface area contributed by atoms with Crippen LogP contribution >= 0.6 is 11.3 Å². The van der Waals surface area contributed by atoms with Crippen LogP contribution in [0.3, 0.4) is 0 Å². The molecule has 3 rings (SSSR count). The van der Waals surface area contributed by atoms with Crippen LogP contribution in [-0.4, -0.2) is 14.8 Å². The van der Waals surface area contributed by atoms with E-state index in [0.717, 1.165) is 24.8 Å². The van der Waals surface area contributed by atoms with Gasteiger partial charge in [0.05, 0.1) is 6.54 Å². The molecule has 1 aliphatic rings. The summed E-state index contributed by atoms with van der Waals surface area (Å²) in [5.41, 5.74) is 0. The zero-order valence-corrected chi connectivity index (χ0v) is 12.8. The van der Waals surface area contributed by atoms with Crippen LogP contribution in [0.5, 0.6) is 0 Å². The molecule has 0 spiro atoms. The summed E-state index contributed by atoms with van der Waals surface area (Å²) < 4.78 is 2.10. The molecule has 2 heterocycles. The summed E-state index contributed by atoms with van der Waals surface area (Å²) in [6.07, 6.45) is 7.25. The van der Waals surface area contributed by atoms with E-state index in [9.17, 15) is 0 Å². The zero-order chi connectivity index (χ0) is 13.8. The van der Waals surface area contributed by atoms with Gasteiger partial charge >= 0.3 is 0 Å². The highest BCUT2D eigenvalue weighted by Gasteiger charge is 2.26. The van der Waals surface area contributed by atoms with Crippen molar-refractivity contribution in [1.82, 2.24) is 20.1 Å². The number of rotatable bonds is 6. The van der Waals surface area contributed by atoms with E-state index in [4.69, 9.17) is 0 Å². The number of thiophene rings is 1. The first kappa shape index (κ1) is 13.8. The molecule has 0 aliphatic heterocycles. The highest BCUT2D eigenvalue weighted by atomic mass is 32.1. The molecule has 4 nitrogen and oxygen atoms in total. The fourth-order valence-electron chi connectivity index (χ4n) is 3.14. The lowest BCUT2D eigenvalue weighted by Crippen LogP contribution is -2.27. The van der Waals surface area contributed by atoms with Gasteiger partial charge in [-0.15, -0.1) is 21.5 Å². The molecule has 0 aromatic carbocycles. The van der Waals surface area contributed by atoms with Crippen molar-refractivity contribution >= 4 is 11.3 Å². The van der Waals surface area contributed by atoms with Crippen LogP contribution in [0.25, 0.3) is 0 Å². The molecule has 1 aliphatic carbocycles. The quantitative estimate of drug-likeness (QED) is 0.887. The van der Waals surface area contributed by atoms with Crippen LogP contribution in [0.1, 0.15) is 49.4 Å². The molecule has 108 valence electrons. The number of hydrogen-bond acceptors (Lipinski definition) is 4. The molecule has 1 unspecified atom stereocenters. The van der Waals surface area contributed by atoms with Crippen molar-refractivity contribution in [2.75, 3.05) is 0 Å². The van der Waals surface area contributed by atoms with Crippen molar-refractivity contribution in [3.8, 4) is 0 Å². The molecule has 5 heteroatoms. The van der Waals surface area contributed by atoms with Crippen LogP contribution in [0.15, 0.2) is 23.8 Å². The Labute approximate surface area is 124 Å². The molecule has 0 bridgehead atoms. The van der Waals surface area contributed by atoms with E-state index in [1.54, 1.807) is 0 Å². The topological polar surface area (TPSA) is 42.7 Å². The Morgan fingerprint density at radius 2 is 2.30 bits per heavy atom. The lowest BCUT2D eigenvalue weighted by molar-refractivity contribution is 0.365. The molecule has 0 saturated heterocycles. The predicted octanol–water partition coefficient (Wildman–Crippen LogP) is 3.38. The second kappa shape index (κ2) is 6.50. The minimum atomic E-state index is 0.472. The molecular formula is C15H22N4S. The van der Waals surface area contributed by atoms with Crippen molar-refractivity contribution in [3.63, 3.8) is 0 Å². The fraction of sp³-hybridized carbons (Fsp3) is 0.600. The van der Waals surface area contributed by atoms with Gasteiger partial charge in [0.1, 0.15) is 12.2 Å². The lowest BCUT2D eigenvalue weighted by Gasteiger charge is -2.23. The van der Waals surface area contributed by atoms with Gasteiger partial charge in [-0.3, -0.25) is 0 Å². The molecule has 0 amide bonds. The van der Waals surface area contributed by atoms with Crippen molar-refractivity contribution in [1.29, 1.82) is 0 Å². The van der Waals surface area contributed by atoms with Gasteiger partial charge in [-0.25, -0.2) is 0 Å². The van der Waals surface area contributed by atoms with Gasteiger partial charge in [0, 0.05) is 17.5 Å². The van der Waals surface area contributed by atoms with Gasteiger partial charge in [0.15, 0.2) is 0 Å². The van der Waals surface area contributed by atoms with Crippen LogP contribution < -0.4 is 5.32 Å². The van der Waals surface area contributed by atoms with Crippen molar-refractivity contribution in [3.05, 3.63) is 34.5 Å². The summed E-state index contributed by atoms with van der Waals surface area (Å²) in [6, 6.07) is 4.88. The number of aromatic nitrogens is 3. The van der Waals surface area contributed by atoms with E-state index in [0.29, 0.717) is 6.04 Å². The van der Waals surface area contributed by atoms with Gasteiger partial charge in [0.2, 0.25) is 0 Å². The third kappa shape index (κ3) is 2.94. The minimum Gasteiger partial charge on any atom is -0.317 e. The summed E-state index contributed by atoms with van der Waals surface area (Å²) in [6.45, 7) is 3.85. The Bertz CT molecular complexity index is 514. The van der Waals surface area contributed by atoms with E-state index in [1.807, 2.05) is 17.7 Å². The number of nitrogens with one attached hydrogen (secondary N) is 1. The average Bonchev–Trinajstić information content (AvgIpc) is 3.22. The number of aryl methyl sites for hydroxylation is 1. The molecule has 2 aromatic heterocycles. The van der Waals surface area contributed by atoms with Crippen molar-refractivity contribution in [2.45, 2.75) is 51.7 Å². The van der Waals surface area contributed by atoms with E-state index < -0.39 is 0 Å². The first-order chi connectivity index (χ1) is 9.88. The summed E-state index contributed by atoms with van der Waals surface area (Å²) in [5, 5.41) is 14.1. The van der Waals surface area contributed by atoms with Crippen molar-refractivity contribution < 1.29 is 0 Å². The first-order valence-corrected chi connectivity index (χ1v) is 8.40. The minimum absolute atomic E-state index is 0.472. The zero-order valence-electron chi connectivity index (χ0n) is 12.0. The monoisotopic (exact) mass is 290 g/mol. The summed E-state index contributed by atoms with van der Waals surface area (Å²) in [7, 11) is 0. The highest BCUT2D eigenvalue weighted by molar-refractivity contribution is 7.10. The van der Waals surface area contributed by atoms with E-state index in [2.05, 4.69) is 44.5 Å². The van der Waals surface area contributed by atoms with Gasteiger partial charge < -0.3 is 9.88 Å². The van der Waals surface area contributed by atoms with Gasteiger partial charge in [-0.2, -0.15) is 0 Å². The summed E-state index contributed by atoms with van der Waals surface area (Å²) in [5.74, 6) is 1.80. The standard InChI is InChI=1S/C15H22N4S/c1-2-19-11-17-18-14(19)10-16-15(12-6-3-4-7-12)13-8-5-9-20-13/h5,8-9,11-12,15-16H,2-4,6-7,10H2,1H3. The fourth-order valence-corrected chi connectivity index (χ4v) is 4.03. The highest BCUT2D eigenvalue weighted by Crippen LogP contribution is 2.37. The van der Waals surface area contributed by atoms with Gasteiger partial charge in [-0.05, 0) is 37.1 Å². The Kier molecular flexibility index (Phi) is 4.47. The Morgan fingerprint density at radius 3 is 3.00 bits per heavy atom. The molecule has 0 radical (unpaired) electrons. The van der Waals surface area contributed by atoms with E-state index in [1.165, 1.54) is 30.6 Å². The molecule has 2 aromatic rings. The third-order valence-electron chi connectivity index (χ3n) is 4.24. The maximum absolute atomic E-state index is 4.22. The second-order valence-electron chi connectivity index (χ2n) is 5.45. The van der Waals surface area contributed by atoms with E-state index in [-0.39, 0.29) is 0 Å². The predicted molar refractivity (Wildman–Crippen MR) is 81.6 cm³/mol. The van der Waals surface area contributed by atoms with Gasteiger partial charge in [-0.1, -0.05) is 18.9 Å². The van der Waals surface area contributed by atoms with Crippen LogP contribution in [0.2, 0.25) is 0 Å². The smallest absolute Gasteiger partial charge is 0.146 e. The SMILES string of the molecule is CCn1cnnc1CNC(c1cccs1)C1CCCC1. The Hall–Kier alpha value is -1.20. The Morgan fingerprint density at radius 1 is 1.45 bits per heavy atom. The van der Waals surface area contributed by atoms with Crippen LogP contribution in [-0.2, 0) is 13.1 Å². The number of hydrogen-bond donors (Lipinski definition) is 1. The molecule has 20 heavy (non-hydrogen) atoms. The average molecular weight is 290 g/mol. The largest absolute Gasteiger partial charge is 0.317 e. The van der Waals surface area contributed by atoms with Crippen LogP contribution in [0, 0.1) is 5.92 Å². The lowest BCUT2D eigenvalue weighted by atomic mass is 9.96. The molecule has 1 fully saturated rings. The van der Waals surface area contributed by atoms with Gasteiger partial charge in [0.25, 0.3) is 0 Å². The molecule has 1 atom stereocenters. The molecule has 1 saturated carbocycles. The normalized spacial score (nSPS) is 17.6. The number of nitrogens with zero attached hydrogens (tertiary/aromatic N) is 3. The third-order valence-corrected chi connectivity index (χ3v) is 5.19. The Balaban J connectivity index is 1.70. The van der Waals surface area contributed by atoms with Crippen molar-refractivity contribution in [2.24, 2.45) is 5.92 Å². The molecular weight excluding hydrogens is 268 g/mol. The summed E-state index contributed by atoms with van der Waals surface area (Å²) in [4.78, 5) is 1.46. The van der Waals surface area contributed by atoms with Crippen LogP contribution in [0.4, 0.5) is 0 Å². The first-order valence-electron chi connectivity index (χ1n) is 7.52. The summed E-state index contributed by atoms with van der Waals surface area (Å²) >= 11 is 1.86.